The molecular formula is C26H29BrN2O4. The Morgan fingerprint density at radius 3 is 2.67 bits per heavy atom. The molecule has 6 nitrogen and oxygen atoms in total. The first-order chi connectivity index (χ1) is 15.8. The predicted octanol–water partition coefficient (Wildman–Crippen LogP) is 3.77. The van der Waals surface area contributed by atoms with Gasteiger partial charge in [0.15, 0.2) is 5.60 Å². The number of amides is 2. The maximum absolute atomic E-state index is 13.2. The molecule has 2 aromatic carbocycles. The van der Waals surface area contributed by atoms with Crippen molar-refractivity contribution in [3.8, 4) is 0 Å². The number of hydrogen-bond acceptors (Lipinski definition) is 4. The van der Waals surface area contributed by atoms with Crippen molar-refractivity contribution >= 4 is 33.4 Å². The van der Waals surface area contributed by atoms with E-state index >= 15 is 0 Å². The molecule has 174 valence electrons. The SMILES string of the molecule is C=CCN1C(=O)[C@](O)([C@H](C)/C=C/CC(=O)N(CCO)Cc2ccccc2)c2cc(Br)ccc21. The summed E-state index contributed by atoms with van der Waals surface area (Å²) in [7, 11) is 0. The van der Waals surface area contributed by atoms with E-state index in [-0.39, 0.29) is 25.5 Å². The van der Waals surface area contributed by atoms with Crippen molar-refractivity contribution in [2.24, 2.45) is 5.92 Å². The van der Waals surface area contributed by atoms with Crippen LogP contribution in [0.3, 0.4) is 0 Å². The molecule has 2 atom stereocenters. The summed E-state index contributed by atoms with van der Waals surface area (Å²) in [5, 5.41) is 20.9. The van der Waals surface area contributed by atoms with Crippen LogP contribution >= 0.6 is 15.9 Å². The van der Waals surface area contributed by atoms with E-state index in [4.69, 9.17) is 0 Å². The molecule has 0 bridgehead atoms. The Bertz CT molecular complexity index is 1040. The molecule has 33 heavy (non-hydrogen) atoms. The van der Waals surface area contributed by atoms with Crippen molar-refractivity contribution in [2.45, 2.75) is 25.5 Å². The number of hydrogen-bond donors (Lipinski definition) is 2. The molecule has 2 amide bonds. The Kier molecular flexibility index (Phi) is 8.24. The molecule has 1 heterocycles. The number of nitrogens with zero attached hydrogens (tertiary/aromatic N) is 2. The number of aliphatic hydroxyl groups is 2. The molecule has 0 spiro atoms. The van der Waals surface area contributed by atoms with E-state index in [1.807, 2.05) is 36.4 Å². The quantitative estimate of drug-likeness (QED) is 0.474. The van der Waals surface area contributed by atoms with Crippen LogP contribution in [0.5, 0.6) is 0 Å². The first-order valence-electron chi connectivity index (χ1n) is 10.9. The maximum Gasteiger partial charge on any atom is 0.264 e. The van der Waals surface area contributed by atoms with Crippen molar-refractivity contribution in [1.29, 1.82) is 0 Å². The fourth-order valence-electron chi connectivity index (χ4n) is 4.09. The molecule has 0 radical (unpaired) electrons. The molecule has 1 aliphatic rings. The third-order valence-electron chi connectivity index (χ3n) is 5.86. The lowest BCUT2D eigenvalue weighted by molar-refractivity contribution is -0.139. The highest BCUT2D eigenvalue weighted by atomic mass is 79.9. The highest BCUT2D eigenvalue weighted by Gasteiger charge is 2.52. The molecular weight excluding hydrogens is 484 g/mol. The predicted molar refractivity (Wildman–Crippen MR) is 132 cm³/mol. The second-order valence-electron chi connectivity index (χ2n) is 8.08. The Labute approximate surface area is 203 Å². The molecule has 0 saturated heterocycles. The van der Waals surface area contributed by atoms with Crippen molar-refractivity contribution in [3.63, 3.8) is 0 Å². The number of carbonyl (C=O) groups excluding carboxylic acids is 2. The summed E-state index contributed by atoms with van der Waals surface area (Å²) >= 11 is 3.42. The number of fused-ring (bicyclic) bond motifs is 1. The molecule has 0 aromatic heterocycles. The minimum absolute atomic E-state index is 0.100. The van der Waals surface area contributed by atoms with E-state index in [1.165, 1.54) is 4.90 Å². The molecule has 0 fully saturated rings. The number of rotatable bonds is 10. The highest BCUT2D eigenvalue weighted by Crippen LogP contribution is 2.46. The number of aliphatic hydroxyl groups excluding tert-OH is 1. The normalized spacial score (nSPS) is 18.4. The maximum atomic E-state index is 13.2. The first-order valence-corrected chi connectivity index (χ1v) is 11.7. The Hall–Kier alpha value is -2.74. The van der Waals surface area contributed by atoms with Crippen LogP contribution in [-0.4, -0.2) is 46.6 Å². The van der Waals surface area contributed by atoms with Crippen LogP contribution in [0.25, 0.3) is 0 Å². The second-order valence-corrected chi connectivity index (χ2v) is 8.99. The molecule has 1 aliphatic heterocycles. The summed E-state index contributed by atoms with van der Waals surface area (Å²) in [6.45, 7) is 6.28. The minimum Gasteiger partial charge on any atom is -0.395 e. The Balaban J connectivity index is 1.75. The average Bonchev–Trinajstić information content (AvgIpc) is 3.02. The molecule has 0 saturated carbocycles. The number of anilines is 1. The number of carbonyl (C=O) groups is 2. The number of benzene rings is 2. The Morgan fingerprint density at radius 1 is 1.27 bits per heavy atom. The van der Waals surface area contributed by atoms with Crippen molar-refractivity contribution in [3.05, 3.63) is 88.9 Å². The average molecular weight is 513 g/mol. The van der Waals surface area contributed by atoms with Gasteiger partial charge in [-0.2, -0.15) is 0 Å². The van der Waals surface area contributed by atoms with Gasteiger partial charge in [0.1, 0.15) is 0 Å². The van der Waals surface area contributed by atoms with E-state index in [0.717, 1.165) is 10.0 Å². The summed E-state index contributed by atoms with van der Waals surface area (Å²) in [6.07, 6.45) is 5.11. The van der Waals surface area contributed by atoms with Gasteiger partial charge in [0.2, 0.25) is 5.91 Å². The van der Waals surface area contributed by atoms with Gasteiger partial charge in [-0.3, -0.25) is 9.59 Å². The zero-order valence-electron chi connectivity index (χ0n) is 18.7. The molecule has 2 N–H and O–H groups in total. The zero-order chi connectivity index (χ0) is 24.0. The van der Waals surface area contributed by atoms with Crippen molar-refractivity contribution in [2.75, 3.05) is 24.6 Å². The van der Waals surface area contributed by atoms with Crippen LogP contribution in [0.2, 0.25) is 0 Å². The van der Waals surface area contributed by atoms with Crippen LogP contribution < -0.4 is 4.90 Å². The lowest BCUT2D eigenvalue weighted by Crippen LogP contribution is -2.44. The fraction of sp³-hybridized carbons (Fsp3) is 0.308. The van der Waals surface area contributed by atoms with Gasteiger partial charge >= 0.3 is 0 Å². The number of halogens is 1. The molecule has 3 rings (SSSR count). The van der Waals surface area contributed by atoms with Gasteiger partial charge in [-0.1, -0.05) is 71.4 Å². The van der Waals surface area contributed by atoms with Crippen LogP contribution in [-0.2, 0) is 21.7 Å². The highest BCUT2D eigenvalue weighted by molar-refractivity contribution is 9.10. The largest absolute Gasteiger partial charge is 0.395 e. The molecule has 7 heteroatoms. The summed E-state index contributed by atoms with van der Waals surface area (Å²) in [5.41, 5.74) is 0.417. The van der Waals surface area contributed by atoms with Crippen molar-refractivity contribution in [1.82, 2.24) is 4.90 Å². The van der Waals surface area contributed by atoms with Crippen LogP contribution in [0, 0.1) is 5.92 Å². The molecule has 2 aromatic rings. The fourth-order valence-corrected chi connectivity index (χ4v) is 4.45. The van der Waals surface area contributed by atoms with E-state index in [1.54, 1.807) is 42.2 Å². The summed E-state index contributed by atoms with van der Waals surface area (Å²) in [6, 6.07) is 15.0. The van der Waals surface area contributed by atoms with Gasteiger partial charge in [-0.15, -0.1) is 6.58 Å². The third kappa shape index (κ3) is 5.27. The lowest BCUT2D eigenvalue weighted by Gasteiger charge is -2.27. The van der Waals surface area contributed by atoms with Crippen LogP contribution in [0.15, 0.2) is 77.8 Å². The van der Waals surface area contributed by atoms with Gasteiger partial charge in [0.25, 0.3) is 5.91 Å². The van der Waals surface area contributed by atoms with Gasteiger partial charge in [0.05, 0.1) is 12.3 Å². The molecule has 0 unspecified atom stereocenters. The summed E-state index contributed by atoms with van der Waals surface area (Å²) < 4.78 is 0.764. The monoisotopic (exact) mass is 512 g/mol. The Morgan fingerprint density at radius 2 is 2.00 bits per heavy atom. The topological polar surface area (TPSA) is 81.1 Å². The van der Waals surface area contributed by atoms with Crippen molar-refractivity contribution < 1.29 is 19.8 Å². The van der Waals surface area contributed by atoms with E-state index < -0.39 is 17.4 Å². The third-order valence-corrected chi connectivity index (χ3v) is 6.35. The summed E-state index contributed by atoms with van der Waals surface area (Å²) in [4.78, 5) is 29.1. The lowest BCUT2D eigenvalue weighted by atomic mass is 9.83. The van der Waals surface area contributed by atoms with Gasteiger partial charge < -0.3 is 20.0 Å². The van der Waals surface area contributed by atoms with E-state index in [0.29, 0.717) is 24.3 Å². The summed E-state index contributed by atoms with van der Waals surface area (Å²) in [5.74, 6) is -1.12. The first kappa shape index (κ1) is 24.9. The van der Waals surface area contributed by atoms with Crippen LogP contribution in [0.1, 0.15) is 24.5 Å². The zero-order valence-corrected chi connectivity index (χ0v) is 20.2. The van der Waals surface area contributed by atoms with Gasteiger partial charge in [0, 0.05) is 42.0 Å². The second kappa shape index (κ2) is 10.9. The van der Waals surface area contributed by atoms with E-state index in [2.05, 4.69) is 22.5 Å². The minimum atomic E-state index is -1.74. The van der Waals surface area contributed by atoms with Gasteiger partial charge in [-0.05, 0) is 23.8 Å². The van der Waals surface area contributed by atoms with Gasteiger partial charge in [-0.25, -0.2) is 0 Å². The molecule has 0 aliphatic carbocycles. The standard InChI is InChI=1S/C26H29BrN2O4/c1-3-14-29-23-13-12-21(27)17-22(23)26(33,25(29)32)19(2)8-7-11-24(31)28(15-16-30)18-20-9-5-4-6-10-20/h3-10,12-13,17,19,30,33H,1,11,14-16,18H2,2H3/b8-7+/t19-,26+/m1/s1. The van der Waals surface area contributed by atoms with Crippen LogP contribution in [0.4, 0.5) is 5.69 Å². The smallest absolute Gasteiger partial charge is 0.264 e. The van der Waals surface area contributed by atoms with E-state index in [9.17, 15) is 19.8 Å².